The van der Waals surface area contributed by atoms with Gasteiger partial charge in [-0.2, -0.15) is 0 Å². The van der Waals surface area contributed by atoms with Crippen LogP contribution in [0.25, 0.3) is 9.40 Å². The van der Waals surface area contributed by atoms with Gasteiger partial charge in [0.2, 0.25) is 0 Å². The molecule has 0 radical (unpaired) electrons. The highest BCUT2D eigenvalue weighted by Crippen LogP contribution is 2.35. The van der Waals surface area contributed by atoms with E-state index in [-0.39, 0.29) is 6.04 Å². The Morgan fingerprint density at radius 3 is 2.95 bits per heavy atom. The van der Waals surface area contributed by atoms with E-state index < -0.39 is 0 Å². The summed E-state index contributed by atoms with van der Waals surface area (Å²) in [5.74, 6) is 6.44. The van der Waals surface area contributed by atoms with Gasteiger partial charge in [-0.1, -0.05) is 0 Å². The van der Waals surface area contributed by atoms with Crippen LogP contribution in [-0.2, 0) is 0 Å². The molecule has 98 valence electrons. The minimum absolute atomic E-state index is 0.0628. The van der Waals surface area contributed by atoms with E-state index in [9.17, 15) is 0 Å². The average molecular weight is 291 g/mol. The van der Waals surface area contributed by atoms with Crippen molar-refractivity contribution in [2.45, 2.75) is 6.04 Å². The molecule has 0 aliphatic carbocycles. The number of fused-ring (bicyclic) bond motifs is 1. The van der Waals surface area contributed by atoms with Crippen molar-refractivity contribution in [3.63, 3.8) is 0 Å². The molecule has 19 heavy (non-hydrogen) atoms. The van der Waals surface area contributed by atoms with Gasteiger partial charge in [0.1, 0.15) is 5.75 Å². The summed E-state index contributed by atoms with van der Waals surface area (Å²) in [4.78, 5) is 5.36. The van der Waals surface area contributed by atoms with Gasteiger partial charge in [0.25, 0.3) is 0 Å². The zero-order valence-electron chi connectivity index (χ0n) is 10.3. The lowest BCUT2D eigenvalue weighted by molar-refractivity contribution is 0.411. The monoisotopic (exact) mass is 291 g/mol. The average Bonchev–Trinajstić information content (AvgIpc) is 3.01. The van der Waals surface area contributed by atoms with E-state index in [1.165, 1.54) is 14.3 Å². The van der Waals surface area contributed by atoms with Crippen molar-refractivity contribution >= 4 is 32.1 Å². The molecule has 3 aromatic rings. The first-order chi connectivity index (χ1) is 9.31. The lowest BCUT2D eigenvalue weighted by atomic mass is 10.1. The number of nitrogens with one attached hydrogen (secondary N) is 1. The number of hydrogen-bond acceptors (Lipinski definition) is 6. The van der Waals surface area contributed by atoms with E-state index in [1.807, 2.05) is 6.07 Å². The van der Waals surface area contributed by atoms with Gasteiger partial charge < -0.3 is 4.74 Å². The number of aromatic nitrogens is 1. The van der Waals surface area contributed by atoms with Crippen molar-refractivity contribution in [2.75, 3.05) is 7.11 Å². The van der Waals surface area contributed by atoms with Gasteiger partial charge >= 0.3 is 0 Å². The fourth-order valence-corrected chi connectivity index (χ4v) is 4.18. The number of methoxy groups -OCH3 is 1. The van der Waals surface area contributed by atoms with Crippen LogP contribution in [0.3, 0.4) is 0 Å². The first-order valence-corrected chi connectivity index (χ1v) is 7.43. The van der Waals surface area contributed by atoms with Crippen LogP contribution < -0.4 is 16.0 Å². The van der Waals surface area contributed by atoms with Crippen LogP contribution in [0.4, 0.5) is 0 Å². The molecule has 0 bridgehead atoms. The molecule has 0 aliphatic heterocycles. The van der Waals surface area contributed by atoms with Crippen LogP contribution >= 0.6 is 22.7 Å². The molecule has 4 nitrogen and oxygen atoms in total. The summed E-state index contributed by atoms with van der Waals surface area (Å²) in [5, 5.41) is 2.10. The molecule has 0 saturated carbocycles. The molecule has 0 fully saturated rings. The molecule has 0 aromatic carbocycles. The summed E-state index contributed by atoms with van der Waals surface area (Å²) in [6.45, 7) is 0. The fraction of sp³-hybridized carbons (Fsp3) is 0.154. The zero-order valence-corrected chi connectivity index (χ0v) is 11.9. The molecule has 0 aliphatic rings. The predicted molar refractivity (Wildman–Crippen MR) is 79.7 cm³/mol. The molecule has 0 amide bonds. The van der Waals surface area contributed by atoms with Crippen molar-refractivity contribution < 1.29 is 4.74 Å². The van der Waals surface area contributed by atoms with Gasteiger partial charge in [0, 0.05) is 20.5 Å². The van der Waals surface area contributed by atoms with Gasteiger partial charge in [-0.15, -0.1) is 22.7 Å². The predicted octanol–water partition coefficient (Wildman–Crippen LogP) is 2.92. The van der Waals surface area contributed by atoms with Crippen LogP contribution in [0, 0.1) is 0 Å². The number of pyridine rings is 1. The Morgan fingerprint density at radius 2 is 2.21 bits per heavy atom. The normalized spacial score (nSPS) is 12.7. The van der Waals surface area contributed by atoms with Gasteiger partial charge in [-0.3, -0.25) is 10.8 Å². The van der Waals surface area contributed by atoms with Crippen LogP contribution in [0.2, 0.25) is 0 Å². The third-order valence-electron chi connectivity index (χ3n) is 2.91. The van der Waals surface area contributed by atoms with E-state index in [4.69, 9.17) is 10.6 Å². The second-order valence-corrected chi connectivity index (χ2v) is 6.12. The number of rotatable bonds is 4. The quantitative estimate of drug-likeness (QED) is 0.573. The SMILES string of the molecule is COc1cncc(C(NN)c2cc3sccc3s2)c1. The van der Waals surface area contributed by atoms with E-state index >= 15 is 0 Å². The lowest BCUT2D eigenvalue weighted by Crippen LogP contribution is -2.28. The largest absolute Gasteiger partial charge is 0.495 e. The molecule has 1 unspecified atom stereocenters. The second-order valence-electron chi connectivity index (χ2n) is 4.06. The van der Waals surface area contributed by atoms with Crippen molar-refractivity contribution in [3.8, 4) is 5.75 Å². The molecule has 1 atom stereocenters. The Morgan fingerprint density at radius 1 is 1.32 bits per heavy atom. The van der Waals surface area contributed by atoms with Crippen molar-refractivity contribution in [1.82, 2.24) is 10.4 Å². The summed E-state index contributed by atoms with van der Waals surface area (Å²) in [6, 6.07) is 6.19. The number of hydrogen-bond donors (Lipinski definition) is 2. The minimum Gasteiger partial charge on any atom is -0.495 e. The van der Waals surface area contributed by atoms with E-state index in [1.54, 1.807) is 42.2 Å². The maximum Gasteiger partial charge on any atom is 0.137 e. The summed E-state index contributed by atoms with van der Waals surface area (Å²) in [5.41, 5.74) is 3.85. The first-order valence-electron chi connectivity index (χ1n) is 5.74. The van der Waals surface area contributed by atoms with Crippen molar-refractivity contribution in [1.29, 1.82) is 0 Å². The summed E-state index contributed by atoms with van der Waals surface area (Å²) < 4.78 is 7.78. The van der Waals surface area contributed by atoms with Crippen LogP contribution in [-0.4, -0.2) is 12.1 Å². The van der Waals surface area contributed by atoms with E-state index in [0.29, 0.717) is 0 Å². The first kappa shape index (κ1) is 12.6. The maximum atomic E-state index is 5.71. The topological polar surface area (TPSA) is 60.2 Å². The molecule has 3 aromatic heterocycles. The Hall–Kier alpha value is -1.47. The van der Waals surface area contributed by atoms with Crippen LogP contribution in [0.5, 0.6) is 5.75 Å². The third kappa shape index (κ3) is 2.35. The third-order valence-corrected chi connectivity index (χ3v) is 5.07. The zero-order chi connectivity index (χ0) is 13.2. The highest BCUT2D eigenvalue weighted by atomic mass is 32.1. The Balaban J connectivity index is 2.01. The van der Waals surface area contributed by atoms with Gasteiger partial charge in [0.15, 0.2) is 0 Å². The molecule has 6 heteroatoms. The molecule has 0 spiro atoms. The summed E-state index contributed by atoms with van der Waals surface area (Å²) in [7, 11) is 1.63. The minimum atomic E-state index is -0.0628. The number of nitrogens with zero attached hydrogens (tertiary/aromatic N) is 1. The highest BCUT2D eigenvalue weighted by molar-refractivity contribution is 7.27. The van der Waals surface area contributed by atoms with Gasteiger partial charge in [-0.25, -0.2) is 5.43 Å². The summed E-state index contributed by atoms with van der Waals surface area (Å²) in [6.07, 6.45) is 3.49. The smallest absolute Gasteiger partial charge is 0.137 e. The highest BCUT2D eigenvalue weighted by Gasteiger charge is 2.16. The standard InChI is InChI=1S/C13H13N3OS2/c1-17-9-4-8(6-15-7-9)13(16-14)12-5-11-10(19-12)2-3-18-11/h2-7,13,16H,14H2,1H3. The van der Waals surface area contributed by atoms with Gasteiger partial charge in [-0.05, 0) is 29.1 Å². The van der Waals surface area contributed by atoms with Crippen molar-refractivity contribution in [3.05, 3.63) is 46.4 Å². The molecular weight excluding hydrogens is 278 g/mol. The summed E-state index contributed by atoms with van der Waals surface area (Å²) >= 11 is 3.48. The van der Waals surface area contributed by atoms with Crippen molar-refractivity contribution in [2.24, 2.45) is 5.84 Å². The van der Waals surface area contributed by atoms with E-state index in [2.05, 4.69) is 27.9 Å². The second kappa shape index (κ2) is 5.26. The molecule has 3 N–H and O–H groups in total. The molecule has 3 rings (SSSR count). The number of nitrogens with two attached hydrogens (primary N) is 1. The Kier molecular flexibility index (Phi) is 3.48. The fourth-order valence-electron chi connectivity index (χ4n) is 1.97. The van der Waals surface area contributed by atoms with Crippen LogP contribution in [0.15, 0.2) is 36.0 Å². The van der Waals surface area contributed by atoms with Crippen LogP contribution in [0.1, 0.15) is 16.5 Å². The maximum absolute atomic E-state index is 5.71. The number of thiophene rings is 2. The Bertz CT molecular complexity index is 663. The lowest BCUT2D eigenvalue weighted by Gasteiger charge is -2.14. The van der Waals surface area contributed by atoms with E-state index in [0.717, 1.165) is 11.3 Å². The Labute approximate surface area is 118 Å². The molecular formula is C13H13N3OS2. The number of hydrazine groups is 1. The van der Waals surface area contributed by atoms with Gasteiger partial charge in [0.05, 0.1) is 19.3 Å². The molecule has 3 heterocycles. The molecule has 0 saturated heterocycles. The number of ether oxygens (including phenoxy) is 1.